The van der Waals surface area contributed by atoms with Gasteiger partial charge in [0.1, 0.15) is 11.6 Å². The van der Waals surface area contributed by atoms with Gasteiger partial charge in [-0.05, 0) is 59.9 Å². The van der Waals surface area contributed by atoms with Crippen molar-refractivity contribution in [3.63, 3.8) is 0 Å². The van der Waals surface area contributed by atoms with Gasteiger partial charge in [0.25, 0.3) is 0 Å². The van der Waals surface area contributed by atoms with E-state index in [1.165, 1.54) is 24.3 Å². The van der Waals surface area contributed by atoms with Gasteiger partial charge >= 0.3 is 0 Å². The molecule has 0 spiro atoms. The van der Waals surface area contributed by atoms with Gasteiger partial charge in [-0.2, -0.15) is 0 Å². The summed E-state index contributed by atoms with van der Waals surface area (Å²) in [5.74, 6) is -0.592. The molecule has 3 aromatic carbocycles. The molecule has 3 nitrogen and oxygen atoms in total. The van der Waals surface area contributed by atoms with Gasteiger partial charge in [-0.3, -0.25) is 4.79 Å². The zero-order valence-electron chi connectivity index (χ0n) is 16.2. The largest absolute Gasteiger partial charge is 0.372 e. The summed E-state index contributed by atoms with van der Waals surface area (Å²) in [5, 5.41) is 6.94. The lowest BCUT2D eigenvalue weighted by Crippen LogP contribution is -2.26. The number of carbonyl (C=O) groups excluding carboxylic acids is 1. The zero-order valence-corrected chi connectivity index (χ0v) is 16.2. The van der Waals surface area contributed by atoms with E-state index in [0.29, 0.717) is 18.4 Å². The Morgan fingerprint density at radius 2 is 1.33 bits per heavy atom. The molecule has 0 amide bonds. The van der Waals surface area contributed by atoms with Crippen molar-refractivity contribution in [1.82, 2.24) is 0 Å². The van der Waals surface area contributed by atoms with Crippen LogP contribution in [-0.4, -0.2) is 5.78 Å². The highest BCUT2D eigenvalue weighted by Gasteiger charge is 2.36. The van der Waals surface area contributed by atoms with Crippen LogP contribution in [0.4, 0.5) is 20.2 Å². The molecule has 150 valence electrons. The van der Waals surface area contributed by atoms with Gasteiger partial charge in [0, 0.05) is 17.7 Å². The van der Waals surface area contributed by atoms with Gasteiger partial charge in [0.2, 0.25) is 0 Å². The molecule has 0 radical (unpaired) electrons. The van der Waals surface area contributed by atoms with Crippen LogP contribution in [0, 0.1) is 11.6 Å². The van der Waals surface area contributed by atoms with Crippen molar-refractivity contribution in [3.05, 3.63) is 107 Å². The molecule has 2 unspecified atom stereocenters. The van der Waals surface area contributed by atoms with E-state index in [-0.39, 0.29) is 29.4 Å². The van der Waals surface area contributed by atoms with Crippen LogP contribution in [0.3, 0.4) is 0 Å². The fourth-order valence-electron chi connectivity index (χ4n) is 4.37. The number of rotatable bonds is 2. The number of nitrogens with one attached hydrogen (secondary N) is 2. The number of anilines is 2. The standard InChI is InChI=1S/C25H20F2N2O/c26-18-9-5-15(6-10-18)17-13-22-24(23(30)14-17)25(16-7-11-19(27)12-8-16)29-21-4-2-1-3-20(21)28-22/h1-12,17,25,28-29H,13-14H2. The molecule has 3 aromatic rings. The second-order valence-electron chi connectivity index (χ2n) is 7.77. The van der Waals surface area contributed by atoms with Gasteiger partial charge < -0.3 is 10.6 Å². The number of fused-ring (bicyclic) bond motifs is 1. The molecule has 0 aromatic heterocycles. The molecular weight excluding hydrogens is 382 g/mol. The van der Waals surface area contributed by atoms with Gasteiger partial charge in [-0.25, -0.2) is 8.78 Å². The number of ketones is 1. The van der Waals surface area contributed by atoms with Crippen LogP contribution < -0.4 is 10.6 Å². The Labute approximate surface area is 173 Å². The number of benzene rings is 3. The molecule has 1 aliphatic heterocycles. The zero-order chi connectivity index (χ0) is 20.7. The molecule has 1 aliphatic carbocycles. The van der Waals surface area contributed by atoms with E-state index in [0.717, 1.165) is 28.2 Å². The maximum absolute atomic E-state index is 13.5. The molecular formula is C25H20F2N2O. The number of allylic oxidation sites excluding steroid dienone is 1. The highest BCUT2D eigenvalue weighted by Crippen LogP contribution is 2.44. The smallest absolute Gasteiger partial charge is 0.163 e. The predicted molar refractivity (Wildman–Crippen MR) is 113 cm³/mol. The van der Waals surface area contributed by atoms with E-state index in [4.69, 9.17) is 0 Å². The molecule has 2 aliphatic rings. The molecule has 5 heteroatoms. The first kappa shape index (κ1) is 18.6. The fraction of sp³-hybridized carbons (Fsp3) is 0.160. The lowest BCUT2D eigenvalue weighted by atomic mass is 9.78. The number of Topliss-reactive ketones (excluding diaryl/α,β-unsaturated/α-hetero) is 1. The maximum atomic E-state index is 13.5. The molecule has 0 saturated carbocycles. The van der Waals surface area contributed by atoms with E-state index >= 15 is 0 Å². The van der Waals surface area contributed by atoms with E-state index < -0.39 is 0 Å². The Bertz CT molecular complexity index is 1140. The average Bonchev–Trinajstić information content (AvgIpc) is 2.91. The van der Waals surface area contributed by atoms with Crippen molar-refractivity contribution in [3.8, 4) is 0 Å². The summed E-state index contributed by atoms with van der Waals surface area (Å²) in [6.45, 7) is 0. The van der Waals surface area contributed by atoms with E-state index in [1.54, 1.807) is 24.3 Å². The molecule has 2 N–H and O–H groups in total. The summed E-state index contributed by atoms with van der Waals surface area (Å²) in [6, 6.07) is 20.0. The van der Waals surface area contributed by atoms with Gasteiger partial charge in [0.15, 0.2) is 5.78 Å². The lowest BCUT2D eigenvalue weighted by molar-refractivity contribution is -0.116. The minimum absolute atomic E-state index is 0.0246. The van der Waals surface area contributed by atoms with E-state index in [9.17, 15) is 13.6 Å². The van der Waals surface area contributed by atoms with Crippen molar-refractivity contribution in [2.45, 2.75) is 24.8 Å². The van der Waals surface area contributed by atoms with Crippen molar-refractivity contribution < 1.29 is 13.6 Å². The normalized spacial score (nSPS) is 20.5. The van der Waals surface area contributed by atoms with Crippen LogP contribution in [0.1, 0.15) is 35.9 Å². The Hall–Kier alpha value is -3.47. The van der Waals surface area contributed by atoms with Crippen LogP contribution in [-0.2, 0) is 4.79 Å². The number of halogens is 2. The highest BCUT2D eigenvalue weighted by molar-refractivity contribution is 6.01. The van der Waals surface area contributed by atoms with Crippen molar-refractivity contribution in [2.24, 2.45) is 0 Å². The van der Waals surface area contributed by atoms with Crippen molar-refractivity contribution >= 4 is 17.2 Å². The minimum Gasteiger partial charge on any atom is -0.372 e. The van der Waals surface area contributed by atoms with E-state index in [1.807, 2.05) is 24.3 Å². The topological polar surface area (TPSA) is 41.1 Å². The first-order chi connectivity index (χ1) is 14.6. The van der Waals surface area contributed by atoms with Crippen LogP contribution in [0.2, 0.25) is 0 Å². The second-order valence-corrected chi connectivity index (χ2v) is 7.77. The molecule has 0 fully saturated rings. The van der Waals surface area contributed by atoms with E-state index in [2.05, 4.69) is 10.6 Å². The van der Waals surface area contributed by atoms with Crippen molar-refractivity contribution in [2.75, 3.05) is 10.6 Å². The third kappa shape index (κ3) is 3.36. The Morgan fingerprint density at radius 1 is 0.733 bits per heavy atom. The molecule has 30 heavy (non-hydrogen) atoms. The Balaban J connectivity index is 1.60. The number of para-hydroxylation sites is 2. The number of hydrogen-bond donors (Lipinski definition) is 2. The van der Waals surface area contributed by atoms with Crippen LogP contribution in [0.15, 0.2) is 84.1 Å². The first-order valence-corrected chi connectivity index (χ1v) is 9.98. The summed E-state index contributed by atoms with van der Waals surface area (Å²) in [5.41, 5.74) is 5.08. The molecule has 5 rings (SSSR count). The van der Waals surface area contributed by atoms with Gasteiger partial charge in [-0.15, -0.1) is 0 Å². The van der Waals surface area contributed by atoms with Gasteiger partial charge in [-0.1, -0.05) is 36.4 Å². The summed E-state index contributed by atoms with van der Waals surface area (Å²) < 4.78 is 26.9. The molecule has 2 atom stereocenters. The monoisotopic (exact) mass is 402 g/mol. The third-order valence-corrected chi connectivity index (χ3v) is 5.85. The second kappa shape index (κ2) is 7.41. The molecule has 0 bridgehead atoms. The summed E-state index contributed by atoms with van der Waals surface area (Å²) in [4.78, 5) is 13.3. The lowest BCUT2D eigenvalue weighted by Gasteiger charge is -2.30. The fourth-order valence-corrected chi connectivity index (χ4v) is 4.37. The SMILES string of the molecule is O=C1CC(c2ccc(F)cc2)CC2=C1C(c1ccc(F)cc1)Nc1ccccc1N2. The summed E-state index contributed by atoms with van der Waals surface area (Å²) in [6.07, 6.45) is 0.988. The molecule has 0 saturated heterocycles. The summed E-state index contributed by atoms with van der Waals surface area (Å²) >= 11 is 0. The maximum Gasteiger partial charge on any atom is 0.163 e. The average molecular weight is 402 g/mol. The first-order valence-electron chi connectivity index (χ1n) is 9.98. The Morgan fingerprint density at radius 3 is 2.00 bits per heavy atom. The van der Waals surface area contributed by atoms with Crippen LogP contribution in [0.25, 0.3) is 0 Å². The summed E-state index contributed by atoms with van der Waals surface area (Å²) in [7, 11) is 0. The molecule has 1 heterocycles. The minimum atomic E-state index is -0.376. The van der Waals surface area contributed by atoms with Crippen molar-refractivity contribution in [1.29, 1.82) is 0 Å². The third-order valence-electron chi connectivity index (χ3n) is 5.85. The van der Waals surface area contributed by atoms with Crippen LogP contribution in [0.5, 0.6) is 0 Å². The highest BCUT2D eigenvalue weighted by atomic mass is 19.1. The quantitative estimate of drug-likeness (QED) is 0.557. The number of hydrogen-bond acceptors (Lipinski definition) is 3. The van der Waals surface area contributed by atoms with Crippen LogP contribution >= 0.6 is 0 Å². The number of carbonyl (C=O) groups is 1. The Kier molecular flexibility index (Phi) is 4.58. The predicted octanol–water partition coefficient (Wildman–Crippen LogP) is 5.94. The van der Waals surface area contributed by atoms with Gasteiger partial charge in [0.05, 0.1) is 17.4 Å².